The van der Waals surface area contributed by atoms with Crippen molar-refractivity contribution in [2.45, 2.75) is 88.9 Å². The second-order valence-corrected chi connectivity index (χ2v) is 8.69. The zero-order chi connectivity index (χ0) is 18.7. The quantitative estimate of drug-likeness (QED) is 0.677. The van der Waals surface area contributed by atoms with Crippen molar-refractivity contribution in [1.82, 2.24) is 0 Å². The van der Waals surface area contributed by atoms with Crippen LogP contribution in [0.3, 0.4) is 0 Å². The van der Waals surface area contributed by atoms with Crippen LogP contribution in [0.4, 0.5) is 0 Å². The van der Waals surface area contributed by atoms with Gasteiger partial charge in [0.2, 0.25) is 0 Å². The number of Topliss-reactive ketones (excluding diaryl/α,β-unsaturated/α-hetero) is 1. The van der Waals surface area contributed by atoms with Crippen LogP contribution in [-0.4, -0.2) is 40.9 Å². The van der Waals surface area contributed by atoms with Crippen molar-refractivity contribution in [2.24, 2.45) is 23.7 Å². The molecule has 3 aliphatic rings. The maximum Gasteiger partial charge on any atom is 0.168 e. The van der Waals surface area contributed by atoms with Crippen LogP contribution in [0.2, 0.25) is 0 Å². The number of unbranched alkanes of at least 4 members (excludes halogenated alkanes) is 1. The third-order valence-corrected chi connectivity index (χ3v) is 7.29. The van der Waals surface area contributed by atoms with Crippen LogP contribution in [0.5, 0.6) is 0 Å². The highest BCUT2D eigenvalue weighted by molar-refractivity contribution is 5.97. The SMILES string of the molecule is CCCCC1C(=O)[C@]2(OC)CC[C@H](O)[C@@H](C=C[C@@H](O)C3CCCCC3)[C@H]12. The number of rotatable bonds is 7. The second-order valence-electron chi connectivity index (χ2n) is 8.69. The summed E-state index contributed by atoms with van der Waals surface area (Å²) in [5.74, 6) is 0.515. The number of carbonyl (C=O) groups is 1. The molecule has 0 aliphatic heterocycles. The molecule has 0 saturated heterocycles. The van der Waals surface area contributed by atoms with E-state index in [0.717, 1.165) is 32.1 Å². The highest BCUT2D eigenvalue weighted by Gasteiger charge is 2.66. The minimum atomic E-state index is -0.706. The fourth-order valence-electron chi connectivity index (χ4n) is 5.73. The number of aliphatic hydroxyl groups is 2. The molecule has 148 valence electrons. The Bertz CT molecular complexity index is 510. The molecule has 6 atom stereocenters. The summed E-state index contributed by atoms with van der Waals surface area (Å²) in [6.45, 7) is 2.14. The van der Waals surface area contributed by atoms with Gasteiger partial charge in [0, 0.05) is 24.9 Å². The van der Waals surface area contributed by atoms with Gasteiger partial charge in [-0.15, -0.1) is 0 Å². The highest BCUT2D eigenvalue weighted by atomic mass is 16.5. The van der Waals surface area contributed by atoms with Crippen molar-refractivity contribution in [2.75, 3.05) is 7.11 Å². The van der Waals surface area contributed by atoms with Crippen LogP contribution in [0.15, 0.2) is 12.2 Å². The van der Waals surface area contributed by atoms with Crippen LogP contribution in [0.25, 0.3) is 0 Å². The first kappa shape index (κ1) is 20.0. The van der Waals surface area contributed by atoms with Crippen LogP contribution < -0.4 is 0 Å². The molecule has 0 aromatic rings. The van der Waals surface area contributed by atoms with Crippen LogP contribution in [0, 0.1) is 23.7 Å². The molecule has 3 rings (SSSR count). The lowest BCUT2D eigenvalue weighted by Gasteiger charge is -2.58. The first-order valence-corrected chi connectivity index (χ1v) is 10.7. The monoisotopic (exact) mass is 364 g/mol. The second kappa shape index (κ2) is 8.53. The fraction of sp³-hybridized carbons (Fsp3) is 0.864. The smallest absolute Gasteiger partial charge is 0.168 e. The third kappa shape index (κ3) is 3.53. The summed E-state index contributed by atoms with van der Waals surface area (Å²) in [5, 5.41) is 21.2. The highest BCUT2D eigenvalue weighted by Crippen LogP contribution is 2.56. The number of fused-ring (bicyclic) bond motifs is 1. The Morgan fingerprint density at radius 3 is 2.65 bits per heavy atom. The van der Waals surface area contributed by atoms with E-state index in [0.29, 0.717) is 18.8 Å². The predicted octanol–water partition coefficient (Wildman–Crippen LogP) is 3.65. The number of ether oxygens (including phenoxy) is 1. The molecule has 0 spiro atoms. The van der Waals surface area contributed by atoms with Crippen molar-refractivity contribution >= 4 is 5.78 Å². The van der Waals surface area contributed by atoms with E-state index in [4.69, 9.17) is 4.74 Å². The Labute approximate surface area is 158 Å². The van der Waals surface area contributed by atoms with E-state index in [1.165, 1.54) is 19.3 Å². The third-order valence-electron chi connectivity index (χ3n) is 7.29. The van der Waals surface area contributed by atoms with Crippen molar-refractivity contribution in [3.8, 4) is 0 Å². The molecular weight excluding hydrogens is 328 g/mol. The number of ketones is 1. The van der Waals surface area contributed by atoms with Gasteiger partial charge in [-0.3, -0.25) is 4.79 Å². The van der Waals surface area contributed by atoms with Gasteiger partial charge in [0.05, 0.1) is 12.2 Å². The van der Waals surface area contributed by atoms with Gasteiger partial charge in [-0.05, 0) is 38.0 Å². The van der Waals surface area contributed by atoms with Gasteiger partial charge in [0.1, 0.15) is 5.60 Å². The first-order chi connectivity index (χ1) is 12.5. The van der Waals surface area contributed by atoms with Crippen molar-refractivity contribution < 1.29 is 19.7 Å². The Morgan fingerprint density at radius 1 is 1.27 bits per heavy atom. The molecule has 0 amide bonds. The lowest BCUT2D eigenvalue weighted by atomic mass is 9.49. The molecule has 4 heteroatoms. The van der Waals surface area contributed by atoms with E-state index in [9.17, 15) is 15.0 Å². The minimum Gasteiger partial charge on any atom is -0.393 e. The molecule has 1 unspecified atom stereocenters. The van der Waals surface area contributed by atoms with E-state index >= 15 is 0 Å². The Balaban J connectivity index is 1.74. The number of hydrogen-bond donors (Lipinski definition) is 2. The molecule has 0 bridgehead atoms. The molecular formula is C22H36O4. The molecule has 3 saturated carbocycles. The van der Waals surface area contributed by atoms with Gasteiger partial charge in [-0.25, -0.2) is 0 Å². The van der Waals surface area contributed by atoms with Gasteiger partial charge < -0.3 is 14.9 Å². The fourth-order valence-corrected chi connectivity index (χ4v) is 5.73. The Hall–Kier alpha value is -0.710. The average Bonchev–Trinajstić information content (AvgIpc) is 2.68. The van der Waals surface area contributed by atoms with Crippen molar-refractivity contribution in [3.05, 3.63) is 12.2 Å². The molecule has 0 radical (unpaired) electrons. The zero-order valence-electron chi connectivity index (χ0n) is 16.4. The van der Waals surface area contributed by atoms with Crippen molar-refractivity contribution in [1.29, 1.82) is 0 Å². The van der Waals surface area contributed by atoms with Crippen LogP contribution in [-0.2, 0) is 9.53 Å². The van der Waals surface area contributed by atoms with E-state index in [1.54, 1.807) is 7.11 Å². The topological polar surface area (TPSA) is 66.8 Å². The summed E-state index contributed by atoms with van der Waals surface area (Å²) < 4.78 is 5.74. The first-order valence-electron chi connectivity index (χ1n) is 10.7. The average molecular weight is 365 g/mol. The van der Waals surface area contributed by atoms with Gasteiger partial charge in [-0.2, -0.15) is 0 Å². The summed E-state index contributed by atoms with van der Waals surface area (Å²) in [5.41, 5.74) is -0.706. The maximum atomic E-state index is 12.8. The summed E-state index contributed by atoms with van der Waals surface area (Å²) in [6, 6.07) is 0. The molecule has 0 aromatic carbocycles. The lowest BCUT2D eigenvalue weighted by molar-refractivity contribution is -0.209. The molecule has 0 heterocycles. The standard InChI is InChI=1S/C22H36O4/c1-3-4-10-17-20-16(11-12-18(23)15-8-6-5-7-9-15)19(24)13-14-22(20,26-2)21(17)25/h11-12,15-20,23-24H,3-10,13-14H2,1-2H3/t16-,17?,18-,19+,20-,22+/m1/s1. The van der Waals surface area contributed by atoms with Gasteiger partial charge >= 0.3 is 0 Å². The van der Waals surface area contributed by atoms with E-state index in [2.05, 4.69) is 6.92 Å². The lowest BCUT2D eigenvalue weighted by Crippen LogP contribution is -2.70. The van der Waals surface area contributed by atoms with E-state index in [1.807, 2.05) is 12.2 Å². The molecule has 0 aromatic heterocycles. The van der Waals surface area contributed by atoms with Gasteiger partial charge in [0.15, 0.2) is 5.78 Å². The Morgan fingerprint density at radius 2 is 2.00 bits per heavy atom. The van der Waals surface area contributed by atoms with Crippen LogP contribution >= 0.6 is 0 Å². The van der Waals surface area contributed by atoms with Gasteiger partial charge in [-0.1, -0.05) is 51.2 Å². The summed E-state index contributed by atoms with van der Waals surface area (Å²) >= 11 is 0. The molecule has 3 fully saturated rings. The summed E-state index contributed by atoms with van der Waals surface area (Å²) in [7, 11) is 1.64. The molecule has 26 heavy (non-hydrogen) atoms. The van der Waals surface area contributed by atoms with E-state index < -0.39 is 17.8 Å². The summed E-state index contributed by atoms with van der Waals surface area (Å²) in [6.07, 6.45) is 13.0. The minimum absolute atomic E-state index is 0.00803. The number of methoxy groups -OCH3 is 1. The predicted molar refractivity (Wildman–Crippen MR) is 102 cm³/mol. The number of hydrogen-bond acceptors (Lipinski definition) is 4. The maximum absolute atomic E-state index is 12.8. The molecule has 4 nitrogen and oxygen atoms in total. The van der Waals surface area contributed by atoms with Crippen molar-refractivity contribution in [3.63, 3.8) is 0 Å². The summed E-state index contributed by atoms with van der Waals surface area (Å²) in [4.78, 5) is 12.8. The normalized spacial score (nSPS) is 39.6. The zero-order valence-corrected chi connectivity index (χ0v) is 16.4. The largest absolute Gasteiger partial charge is 0.393 e. The Kier molecular flexibility index (Phi) is 6.58. The molecule has 2 N–H and O–H groups in total. The number of aliphatic hydroxyl groups excluding tert-OH is 2. The van der Waals surface area contributed by atoms with E-state index in [-0.39, 0.29) is 23.5 Å². The van der Waals surface area contributed by atoms with Crippen LogP contribution in [0.1, 0.15) is 71.1 Å². The molecule has 3 aliphatic carbocycles. The van der Waals surface area contributed by atoms with Gasteiger partial charge in [0.25, 0.3) is 0 Å². The number of carbonyl (C=O) groups excluding carboxylic acids is 1.